The van der Waals surface area contributed by atoms with Crippen LogP contribution in [0.1, 0.15) is 47.3 Å². The third-order valence-corrected chi connectivity index (χ3v) is 6.14. The van der Waals surface area contributed by atoms with Crippen molar-refractivity contribution in [2.45, 2.75) is 43.6 Å². The predicted molar refractivity (Wildman–Crippen MR) is 93.1 cm³/mol. The van der Waals surface area contributed by atoms with Gasteiger partial charge in [0.1, 0.15) is 0 Å². The van der Waals surface area contributed by atoms with Crippen LogP contribution < -0.4 is 0 Å². The van der Waals surface area contributed by atoms with Crippen LogP contribution in [-0.2, 0) is 16.6 Å². The Balaban J connectivity index is 1.91. The molecule has 4 nitrogen and oxygen atoms in total. The Morgan fingerprint density at radius 3 is 2.60 bits per heavy atom. The Hall–Kier alpha value is -2.17. The molecule has 0 spiro atoms. The van der Waals surface area contributed by atoms with Gasteiger partial charge in [0, 0.05) is 5.56 Å². The molecule has 0 saturated carbocycles. The zero-order valence-corrected chi connectivity index (χ0v) is 14.5. The summed E-state index contributed by atoms with van der Waals surface area (Å²) in [5.41, 5.74) is 2.46. The van der Waals surface area contributed by atoms with Crippen molar-refractivity contribution < 1.29 is 14.6 Å². The molecule has 0 unspecified atom stereocenters. The number of carbonyl (C=O) groups is 1. The van der Waals surface area contributed by atoms with Gasteiger partial charge in [-0.1, -0.05) is 42.5 Å². The van der Waals surface area contributed by atoms with E-state index in [1.807, 2.05) is 56.3 Å². The number of carbonyl (C=O) groups excluding carboxylic acids is 1. The van der Waals surface area contributed by atoms with E-state index >= 15 is 0 Å². The number of hydrogen-bond donors (Lipinski definition) is 1. The lowest BCUT2D eigenvalue weighted by atomic mass is 9.67. The molecule has 1 aliphatic carbocycles. The Morgan fingerprint density at radius 2 is 1.84 bits per heavy atom. The van der Waals surface area contributed by atoms with Gasteiger partial charge in [-0.05, 0) is 49.4 Å². The van der Waals surface area contributed by atoms with Crippen molar-refractivity contribution in [2.24, 2.45) is 0 Å². The summed E-state index contributed by atoms with van der Waals surface area (Å²) in [6, 6.07) is 15.9. The molecule has 1 fully saturated rings. The molecule has 1 amide bonds. The van der Waals surface area contributed by atoms with Crippen molar-refractivity contribution in [1.29, 1.82) is 0 Å². The second-order valence-electron chi connectivity index (χ2n) is 7.96. The first-order valence-electron chi connectivity index (χ1n) is 8.81. The molecule has 128 valence electrons. The van der Waals surface area contributed by atoms with Gasteiger partial charge in [-0.2, -0.15) is 0 Å². The topological polar surface area (TPSA) is 49.8 Å². The van der Waals surface area contributed by atoms with Crippen LogP contribution in [0.3, 0.4) is 0 Å². The molecule has 2 aliphatic heterocycles. The van der Waals surface area contributed by atoms with Crippen LogP contribution in [0.5, 0.6) is 0 Å². The average molecular weight is 335 g/mol. The van der Waals surface area contributed by atoms with Gasteiger partial charge in [0.2, 0.25) is 0 Å². The lowest BCUT2D eigenvalue weighted by Crippen LogP contribution is -2.68. The van der Waals surface area contributed by atoms with Gasteiger partial charge >= 0.3 is 0 Å². The van der Waals surface area contributed by atoms with E-state index in [9.17, 15) is 9.90 Å². The number of ether oxygens (including phenoxy) is 1. The average Bonchev–Trinajstić information content (AvgIpc) is 3.12. The Bertz CT molecular complexity index is 891. The Labute approximate surface area is 147 Å². The zero-order valence-electron chi connectivity index (χ0n) is 14.5. The van der Waals surface area contributed by atoms with E-state index in [1.165, 1.54) is 0 Å². The van der Waals surface area contributed by atoms with Gasteiger partial charge in [-0.3, -0.25) is 9.69 Å². The molecule has 4 heteroatoms. The number of fused-ring (bicyclic) bond motifs is 2. The first kappa shape index (κ1) is 15.1. The second kappa shape index (κ2) is 4.51. The number of rotatable bonds is 1. The maximum absolute atomic E-state index is 13.3. The van der Waals surface area contributed by atoms with Crippen molar-refractivity contribution in [3.05, 3.63) is 70.8 Å². The molecule has 3 aliphatic rings. The number of aryl methyl sites for hydroxylation is 1. The monoisotopic (exact) mass is 335 g/mol. The minimum atomic E-state index is -1.66. The molecule has 1 N–H and O–H groups in total. The van der Waals surface area contributed by atoms with Gasteiger partial charge in [0.15, 0.2) is 0 Å². The van der Waals surface area contributed by atoms with E-state index in [1.54, 1.807) is 4.90 Å². The van der Waals surface area contributed by atoms with Crippen LogP contribution in [-0.4, -0.2) is 34.0 Å². The van der Waals surface area contributed by atoms with Crippen LogP contribution in [0, 0.1) is 0 Å². The van der Waals surface area contributed by atoms with E-state index in [0.29, 0.717) is 12.2 Å². The number of hydrogen-bond acceptors (Lipinski definition) is 3. The van der Waals surface area contributed by atoms with Crippen LogP contribution in [0.15, 0.2) is 48.5 Å². The van der Waals surface area contributed by atoms with Crippen molar-refractivity contribution in [3.8, 4) is 0 Å². The summed E-state index contributed by atoms with van der Waals surface area (Å²) in [5.74, 6) is -1.80. The lowest BCUT2D eigenvalue weighted by Gasteiger charge is -2.52. The fourth-order valence-corrected chi connectivity index (χ4v) is 5.13. The molecule has 0 bridgehead atoms. The third-order valence-electron chi connectivity index (χ3n) is 6.14. The van der Waals surface area contributed by atoms with Gasteiger partial charge in [-0.25, -0.2) is 0 Å². The molecule has 1 saturated heterocycles. The quantitative estimate of drug-likeness (QED) is 0.872. The number of nitrogens with zero attached hydrogens (tertiary/aromatic N) is 1. The molecule has 2 heterocycles. The number of amides is 1. The van der Waals surface area contributed by atoms with Gasteiger partial charge in [-0.15, -0.1) is 0 Å². The highest BCUT2D eigenvalue weighted by molar-refractivity contribution is 6.00. The summed E-state index contributed by atoms with van der Waals surface area (Å²) >= 11 is 0. The SMILES string of the molecule is CC1(C)CO[C@@]2(O)N1C(=O)c1cccc3c1[C@]2(c1ccccc1)CC3. The minimum absolute atomic E-state index is 0.143. The van der Waals surface area contributed by atoms with Crippen molar-refractivity contribution in [2.75, 3.05) is 6.61 Å². The first-order chi connectivity index (χ1) is 11.9. The molecule has 25 heavy (non-hydrogen) atoms. The molecule has 0 radical (unpaired) electrons. The van der Waals surface area contributed by atoms with Gasteiger partial charge in [0.05, 0.1) is 17.6 Å². The van der Waals surface area contributed by atoms with Crippen LogP contribution >= 0.6 is 0 Å². The molecule has 2 atom stereocenters. The smallest absolute Gasteiger partial charge is 0.266 e. The highest BCUT2D eigenvalue weighted by Gasteiger charge is 2.70. The normalized spacial score (nSPS) is 31.8. The Morgan fingerprint density at radius 1 is 1.08 bits per heavy atom. The van der Waals surface area contributed by atoms with Crippen LogP contribution in [0.4, 0.5) is 0 Å². The third kappa shape index (κ3) is 1.57. The van der Waals surface area contributed by atoms with E-state index < -0.39 is 16.9 Å². The zero-order chi connectivity index (χ0) is 17.4. The van der Waals surface area contributed by atoms with E-state index in [-0.39, 0.29) is 5.91 Å². The minimum Gasteiger partial charge on any atom is -0.348 e. The summed E-state index contributed by atoms with van der Waals surface area (Å²) in [5, 5.41) is 11.8. The lowest BCUT2D eigenvalue weighted by molar-refractivity contribution is -0.272. The Kier molecular flexibility index (Phi) is 2.73. The maximum atomic E-state index is 13.3. The van der Waals surface area contributed by atoms with Crippen molar-refractivity contribution >= 4 is 5.91 Å². The fraction of sp³-hybridized carbons (Fsp3) is 0.381. The van der Waals surface area contributed by atoms with Crippen LogP contribution in [0.2, 0.25) is 0 Å². The number of benzene rings is 2. The predicted octanol–water partition coefficient (Wildman–Crippen LogP) is 2.83. The van der Waals surface area contributed by atoms with E-state index in [4.69, 9.17) is 4.74 Å². The van der Waals surface area contributed by atoms with E-state index in [0.717, 1.165) is 29.5 Å². The highest BCUT2D eigenvalue weighted by atomic mass is 16.7. The van der Waals surface area contributed by atoms with Gasteiger partial charge in [0.25, 0.3) is 11.8 Å². The molecular weight excluding hydrogens is 314 g/mol. The molecule has 0 aromatic heterocycles. The summed E-state index contributed by atoms with van der Waals surface area (Å²) in [6.07, 6.45) is 1.55. The fourth-order valence-electron chi connectivity index (χ4n) is 5.13. The largest absolute Gasteiger partial charge is 0.348 e. The van der Waals surface area contributed by atoms with E-state index in [2.05, 4.69) is 6.07 Å². The first-order valence-corrected chi connectivity index (χ1v) is 8.81. The standard InChI is InChI=1S/C21H21NO3/c1-19(2)13-25-21(24)20(15-8-4-3-5-9-15)12-11-14-7-6-10-16(17(14)20)18(23)22(19)21/h3-10,24H,11-13H2,1-2H3/t20-,21-/m1/s1. The van der Waals surface area contributed by atoms with Crippen molar-refractivity contribution in [3.63, 3.8) is 0 Å². The maximum Gasteiger partial charge on any atom is 0.266 e. The summed E-state index contributed by atoms with van der Waals surface area (Å²) in [7, 11) is 0. The van der Waals surface area contributed by atoms with Gasteiger partial charge < -0.3 is 9.84 Å². The molecular formula is C21H21NO3. The molecule has 2 aromatic rings. The summed E-state index contributed by atoms with van der Waals surface area (Å²) in [6.45, 7) is 4.21. The summed E-state index contributed by atoms with van der Waals surface area (Å²) < 4.78 is 6.04. The second-order valence-corrected chi connectivity index (χ2v) is 7.96. The number of aliphatic hydroxyl groups is 1. The van der Waals surface area contributed by atoms with Crippen LogP contribution in [0.25, 0.3) is 0 Å². The highest BCUT2D eigenvalue weighted by Crippen LogP contribution is 2.60. The molecule has 2 aromatic carbocycles. The molecule has 5 rings (SSSR count). The van der Waals surface area contributed by atoms with Crippen molar-refractivity contribution in [1.82, 2.24) is 4.90 Å². The summed E-state index contributed by atoms with van der Waals surface area (Å²) in [4.78, 5) is 14.9.